The van der Waals surface area contributed by atoms with Crippen LogP contribution in [0.2, 0.25) is 0 Å². The van der Waals surface area contributed by atoms with Gasteiger partial charge in [0.25, 0.3) is 0 Å². The second-order valence-electron chi connectivity index (χ2n) is 6.96. The number of benzene rings is 3. The Morgan fingerprint density at radius 3 is 2.45 bits per heavy atom. The summed E-state index contributed by atoms with van der Waals surface area (Å²) >= 11 is 0. The monoisotopic (exact) mass is 422 g/mol. The van der Waals surface area contributed by atoms with Gasteiger partial charge in [0.15, 0.2) is 13.4 Å². The Labute approximate surface area is 182 Å². The zero-order valence-corrected chi connectivity index (χ0v) is 17.7. The molecule has 0 amide bonds. The standard InChI is InChI=1S/C25H26O6/c1-18-8-9-20(14-26)24(12-18)30-16-23(27)22-11-10-21(31-17-28-2)13-25(22)29-15-19-6-4-3-5-7-19/h3-13,26H,14-17H2,1-2H3. The zero-order chi connectivity index (χ0) is 22.1. The summed E-state index contributed by atoms with van der Waals surface area (Å²) < 4.78 is 22.1. The number of carbonyl (C=O) groups excluding carboxylic acids is 1. The first kappa shape index (κ1) is 22.3. The van der Waals surface area contributed by atoms with Crippen LogP contribution in [0.4, 0.5) is 0 Å². The number of ether oxygens (including phenoxy) is 4. The van der Waals surface area contributed by atoms with Crippen molar-refractivity contribution in [3.05, 3.63) is 89.0 Å². The normalized spacial score (nSPS) is 10.5. The van der Waals surface area contributed by atoms with E-state index in [2.05, 4.69) is 0 Å². The maximum absolute atomic E-state index is 12.9. The van der Waals surface area contributed by atoms with Crippen LogP contribution in [0.1, 0.15) is 27.0 Å². The minimum atomic E-state index is -0.244. The van der Waals surface area contributed by atoms with Crippen LogP contribution < -0.4 is 14.2 Å². The van der Waals surface area contributed by atoms with Crippen LogP contribution in [0.25, 0.3) is 0 Å². The highest BCUT2D eigenvalue weighted by atomic mass is 16.7. The van der Waals surface area contributed by atoms with Crippen molar-refractivity contribution in [3.63, 3.8) is 0 Å². The van der Waals surface area contributed by atoms with Crippen molar-refractivity contribution >= 4 is 5.78 Å². The van der Waals surface area contributed by atoms with E-state index in [4.69, 9.17) is 18.9 Å². The smallest absolute Gasteiger partial charge is 0.203 e. The van der Waals surface area contributed by atoms with Crippen molar-refractivity contribution in [1.29, 1.82) is 0 Å². The fourth-order valence-electron chi connectivity index (χ4n) is 2.95. The zero-order valence-electron chi connectivity index (χ0n) is 17.7. The molecule has 6 nitrogen and oxygen atoms in total. The second kappa shape index (κ2) is 11.2. The lowest BCUT2D eigenvalue weighted by Crippen LogP contribution is -2.14. The number of aliphatic hydroxyl groups excluding tert-OH is 1. The summed E-state index contributed by atoms with van der Waals surface area (Å²) in [6.07, 6.45) is 0. The average molecular weight is 422 g/mol. The van der Waals surface area contributed by atoms with Gasteiger partial charge in [0, 0.05) is 18.7 Å². The average Bonchev–Trinajstić information content (AvgIpc) is 2.80. The Kier molecular flexibility index (Phi) is 8.04. The first-order chi connectivity index (χ1) is 15.1. The molecule has 3 aromatic rings. The third-order valence-electron chi connectivity index (χ3n) is 4.59. The van der Waals surface area contributed by atoms with Gasteiger partial charge in [-0.2, -0.15) is 0 Å². The van der Waals surface area contributed by atoms with Crippen molar-refractivity contribution < 1.29 is 28.8 Å². The van der Waals surface area contributed by atoms with Gasteiger partial charge in [-0.1, -0.05) is 42.5 Å². The Bertz CT molecular complexity index is 1000. The van der Waals surface area contributed by atoms with Crippen LogP contribution >= 0.6 is 0 Å². The van der Waals surface area contributed by atoms with E-state index in [9.17, 15) is 9.90 Å². The lowest BCUT2D eigenvalue weighted by atomic mass is 10.1. The van der Waals surface area contributed by atoms with Gasteiger partial charge < -0.3 is 24.1 Å². The predicted molar refractivity (Wildman–Crippen MR) is 117 cm³/mol. The molecule has 1 N–H and O–H groups in total. The van der Waals surface area contributed by atoms with E-state index in [1.54, 1.807) is 30.3 Å². The third-order valence-corrected chi connectivity index (χ3v) is 4.59. The van der Waals surface area contributed by atoms with Gasteiger partial charge in [-0.25, -0.2) is 0 Å². The van der Waals surface area contributed by atoms with Crippen LogP contribution in [0, 0.1) is 6.92 Å². The molecular weight excluding hydrogens is 396 g/mol. The Morgan fingerprint density at radius 2 is 1.71 bits per heavy atom. The molecule has 0 fully saturated rings. The van der Waals surface area contributed by atoms with Crippen molar-refractivity contribution in [1.82, 2.24) is 0 Å². The highest BCUT2D eigenvalue weighted by molar-refractivity contribution is 6.00. The summed E-state index contributed by atoms with van der Waals surface area (Å²) in [6.45, 7) is 1.97. The number of aryl methyl sites for hydroxylation is 1. The molecule has 0 radical (unpaired) electrons. The fourth-order valence-corrected chi connectivity index (χ4v) is 2.95. The highest BCUT2D eigenvalue weighted by Gasteiger charge is 2.16. The first-order valence-electron chi connectivity index (χ1n) is 9.89. The number of aliphatic hydroxyl groups is 1. The van der Waals surface area contributed by atoms with Gasteiger partial charge in [0.05, 0.1) is 12.2 Å². The van der Waals surface area contributed by atoms with Gasteiger partial charge >= 0.3 is 0 Å². The Morgan fingerprint density at radius 1 is 0.903 bits per heavy atom. The summed E-state index contributed by atoms with van der Waals surface area (Å²) in [7, 11) is 1.54. The predicted octanol–water partition coefficient (Wildman–Crippen LogP) is 4.31. The molecule has 6 heteroatoms. The van der Waals surface area contributed by atoms with E-state index in [0.29, 0.717) is 35.0 Å². The molecule has 0 aliphatic rings. The molecule has 3 rings (SSSR count). The first-order valence-corrected chi connectivity index (χ1v) is 9.89. The molecule has 0 saturated heterocycles. The van der Waals surface area contributed by atoms with E-state index < -0.39 is 0 Å². The summed E-state index contributed by atoms with van der Waals surface area (Å²) in [5, 5.41) is 9.51. The largest absolute Gasteiger partial charge is 0.488 e. The Balaban J connectivity index is 1.77. The molecule has 0 saturated carbocycles. The quantitative estimate of drug-likeness (QED) is 0.367. The molecule has 0 aromatic heterocycles. The molecule has 0 aliphatic heterocycles. The third kappa shape index (κ3) is 6.31. The van der Waals surface area contributed by atoms with Gasteiger partial charge in [-0.3, -0.25) is 4.79 Å². The molecular formula is C25H26O6. The fraction of sp³-hybridized carbons (Fsp3) is 0.240. The van der Waals surface area contributed by atoms with Gasteiger partial charge in [-0.05, 0) is 36.2 Å². The SMILES string of the molecule is COCOc1ccc(C(=O)COc2cc(C)ccc2CO)c(OCc2ccccc2)c1. The summed E-state index contributed by atoms with van der Waals surface area (Å²) in [5.41, 5.74) is 2.97. The summed E-state index contributed by atoms with van der Waals surface area (Å²) in [5.74, 6) is 1.18. The summed E-state index contributed by atoms with van der Waals surface area (Å²) in [4.78, 5) is 12.9. The number of methoxy groups -OCH3 is 1. The van der Waals surface area contributed by atoms with Gasteiger partial charge in [-0.15, -0.1) is 0 Å². The molecule has 31 heavy (non-hydrogen) atoms. The Hall–Kier alpha value is -3.35. The number of ketones is 1. The highest BCUT2D eigenvalue weighted by Crippen LogP contribution is 2.27. The van der Waals surface area contributed by atoms with E-state index in [1.807, 2.05) is 43.3 Å². The van der Waals surface area contributed by atoms with Crippen LogP contribution in [0.3, 0.4) is 0 Å². The van der Waals surface area contributed by atoms with E-state index in [0.717, 1.165) is 11.1 Å². The number of rotatable bonds is 11. The van der Waals surface area contributed by atoms with Crippen LogP contribution in [0.5, 0.6) is 17.2 Å². The number of Topliss-reactive ketones (excluding diaryl/α,β-unsaturated/α-hetero) is 1. The maximum Gasteiger partial charge on any atom is 0.203 e. The molecule has 0 aliphatic carbocycles. The molecule has 0 spiro atoms. The maximum atomic E-state index is 12.9. The molecule has 0 heterocycles. The van der Waals surface area contributed by atoms with E-state index >= 15 is 0 Å². The molecule has 0 unspecified atom stereocenters. The molecule has 3 aromatic carbocycles. The second-order valence-corrected chi connectivity index (χ2v) is 6.96. The lowest BCUT2D eigenvalue weighted by Gasteiger charge is -2.15. The van der Waals surface area contributed by atoms with Crippen LogP contribution in [0.15, 0.2) is 66.7 Å². The van der Waals surface area contributed by atoms with Gasteiger partial charge in [0.1, 0.15) is 23.9 Å². The van der Waals surface area contributed by atoms with Crippen molar-refractivity contribution in [3.8, 4) is 17.2 Å². The van der Waals surface area contributed by atoms with E-state index in [-0.39, 0.29) is 25.8 Å². The number of hydrogen-bond acceptors (Lipinski definition) is 6. The minimum absolute atomic E-state index is 0.0891. The van der Waals surface area contributed by atoms with Crippen LogP contribution in [-0.4, -0.2) is 31.4 Å². The molecule has 162 valence electrons. The molecule has 0 bridgehead atoms. The molecule has 0 atom stereocenters. The summed E-state index contributed by atoms with van der Waals surface area (Å²) in [6, 6.07) is 20.2. The minimum Gasteiger partial charge on any atom is -0.488 e. The number of hydrogen-bond donors (Lipinski definition) is 1. The van der Waals surface area contributed by atoms with Crippen LogP contribution in [-0.2, 0) is 18.0 Å². The van der Waals surface area contributed by atoms with Gasteiger partial charge in [0.2, 0.25) is 5.78 Å². The van der Waals surface area contributed by atoms with Crippen molar-refractivity contribution in [2.45, 2.75) is 20.1 Å². The lowest BCUT2D eigenvalue weighted by molar-refractivity contribution is 0.0509. The van der Waals surface area contributed by atoms with E-state index in [1.165, 1.54) is 7.11 Å². The number of carbonyl (C=O) groups is 1. The van der Waals surface area contributed by atoms with Crippen molar-refractivity contribution in [2.24, 2.45) is 0 Å². The van der Waals surface area contributed by atoms with Crippen molar-refractivity contribution in [2.75, 3.05) is 20.5 Å². The topological polar surface area (TPSA) is 74.2 Å².